The highest BCUT2D eigenvalue weighted by Crippen LogP contribution is 2.06. The highest BCUT2D eigenvalue weighted by molar-refractivity contribution is 6.28. The number of anilines is 1. The van der Waals surface area contributed by atoms with Gasteiger partial charge >= 0.3 is 0 Å². The van der Waals surface area contributed by atoms with Crippen LogP contribution in [0.3, 0.4) is 0 Å². The van der Waals surface area contributed by atoms with Gasteiger partial charge in [0.05, 0.1) is 0 Å². The maximum absolute atomic E-state index is 10.7. The van der Waals surface area contributed by atoms with E-state index in [0.29, 0.717) is 5.82 Å². The second kappa shape index (κ2) is 4.04. The zero-order valence-electron chi connectivity index (χ0n) is 6.99. The third-order valence-electron chi connectivity index (χ3n) is 1.42. The summed E-state index contributed by atoms with van der Waals surface area (Å²) in [7, 11) is 0. The van der Waals surface area contributed by atoms with Crippen molar-refractivity contribution in [2.75, 3.05) is 5.32 Å². The standard InChI is InChI=1S/C7H9ClN4O/c1-4(6(9)13)11-5-2-3-10-7(8)12-5/h2-4H,1H3,(H2,9,13)(H,10,11,12)/t4-/m0/s1. The van der Waals surface area contributed by atoms with Gasteiger partial charge in [-0.1, -0.05) is 0 Å². The van der Waals surface area contributed by atoms with Crippen LogP contribution in [0, 0.1) is 0 Å². The lowest BCUT2D eigenvalue weighted by Gasteiger charge is -2.09. The highest BCUT2D eigenvalue weighted by atomic mass is 35.5. The largest absolute Gasteiger partial charge is 0.368 e. The van der Waals surface area contributed by atoms with Crippen molar-refractivity contribution in [1.82, 2.24) is 9.97 Å². The molecule has 0 saturated heterocycles. The van der Waals surface area contributed by atoms with Crippen LogP contribution in [0.25, 0.3) is 0 Å². The van der Waals surface area contributed by atoms with E-state index >= 15 is 0 Å². The summed E-state index contributed by atoms with van der Waals surface area (Å²) in [6, 6.07) is 1.12. The van der Waals surface area contributed by atoms with Crippen molar-refractivity contribution < 1.29 is 4.79 Å². The smallest absolute Gasteiger partial charge is 0.239 e. The fraction of sp³-hybridized carbons (Fsp3) is 0.286. The first-order valence-corrected chi connectivity index (χ1v) is 4.02. The van der Waals surface area contributed by atoms with Crippen LogP contribution in [0.5, 0.6) is 0 Å². The molecule has 0 aromatic carbocycles. The quantitative estimate of drug-likeness (QED) is 0.693. The molecule has 0 unspecified atom stereocenters. The van der Waals surface area contributed by atoms with Crippen LogP contribution in [0.1, 0.15) is 6.92 Å². The molecule has 70 valence electrons. The lowest BCUT2D eigenvalue weighted by molar-refractivity contribution is -0.118. The molecule has 5 nitrogen and oxygen atoms in total. The van der Waals surface area contributed by atoms with E-state index in [1.807, 2.05) is 0 Å². The number of carbonyl (C=O) groups is 1. The maximum atomic E-state index is 10.7. The second-order valence-corrected chi connectivity index (χ2v) is 2.82. The molecule has 0 saturated carbocycles. The molecule has 1 aromatic heterocycles. The number of hydrogen-bond donors (Lipinski definition) is 2. The van der Waals surface area contributed by atoms with Crippen LogP contribution in [-0.2, 0) is 4.79 Å². The van der Waals surface area contributed by atoms with Gasteiger partial charge in [0, 0.05) is 6.20 Å². The molecule has 0 fully saturated rings. The fourth-order valence-corrected chi connectivity index (χ4v) is 0.856. The third-order valence-corrected chi connectivity index (χ3v) is 1.60. The van der Waals surface area contributed by atoms with Crippen molar-refractivity contribution in [3.63, 3.8) is 0 Å². The number of rotatable bonds is 3. The van der Waals surface area contributed by atoms with E-state index in [2.05, 4.69) is 15.3 Å². The van der Waals surface area contributed by atoms with Crippen molar-refractivity contribution in [1.29, 1.82) is 0 Å². The number of nitrogens with zero attached hydrogens (tertiary/aromatic N) is 2. The molecule has 0 aliphatic rings. The Hall–Kier alpha value is -1.36. The summed E-state index contributed by atoms with van der Waals surface area (Å²) in [5, 5.41) is 2.90. The average Bonchev–Trinajstić information content (AvgIpc) is 2.04. The molecule has 6 heteroatoms. The number of amides is 1. The Kier molecular flexibility index (Phi) is 3.02. The van der Waals surface area contributed by atoms with Crippen LogP contribution in [0.2, 0.25) is 5.28 Å². The molecule has 0 aliphatic carbocycles. The Morgan fingerprint density at radius 3 is 3.00 bits per heavy atom. The van der Waals surface area contributed by atoms with Gasteiger partial charge in [-0.05, 0) is 24.6 Å². The van der Waals surface area contributed by atoms with Gasteiger partial charge in [-0.25, -0.2) is 9.97 Å². The lowest BCUT2D eigenvalue weighted by Crippen LogP contribution is -2.32. The maximum Gasteiger partial charge on any atom is 0.239 e. The van der Waals surface area contributed by atoms with E-state index in [-0.39, 0.29) is 5.28 Å². The number of hydrogen-bond acceptors (Lipinski definition) is 4. The SMILES string of the molecule is C[C@H](Nc1ccnc(Cl)n1)C(N)=O. The zero-order chi connectivity index (χ0) is 9.84. The highest BCUT2D eigenvalue weighted by Gasteiger charge is 2.08. The van der Waals surface area contributed by atoms with E-state index < -0.39 is 11.9 Å². The number of nitrogens with two attached hydrogens (primary N) is 1. The second-order valence-electron chi connectivity index (χ2n) is 2.48. The summed E-state index contributed by atoms with van der Waals surface area (Å²) in [6.07, 6.45) is 1.49. The van der Waals surface area contributed by atoms with E-state index in [1.54, 1.807) is 13.0 Å². The van der Waals surface area contributed by atoms with Gasteiger partial charge in [0.25, 0.3) is 0 Å². The molecule has 1 aromatic rings. The predicted octanol–water partition coefficient (Wildman–Crippen LogP) is 0.416. The molecule has 1 heterocycles. The van der Waals surface area contributed by atoms with Gasteiger partial charge in [-0.15, -0.1) is 0 Å². The minimum Gasteiger partial charge on any atom is -0.368 e. The number of carbonyl (C=O) groups excluding carboxylic acids is 1. The Morgan fingerprint density at radius 2 is 2.46 bits per heavy atom. The molecule has 1 atom stereocenters. The van der Waals surface area contributed by atoms with Gasteiger partial charge < -0.3 is 11.1 Å². The van der Waals surface area contributed by atoms with Gasteiger partial charge in [-0.3, -0.25) is 4.79 Å². The van der Waals surface area contributed by atoms with E-state index in [4.69, 9.17) is 17.3 Å². The monoisotopic (exact) mass is 200 g/mol. The van der Waals surface area contributed by atoms with Crippen molar-refractivity contribution >= 4 is 23.3 Å². The minimum absolute atomic E-state index is 0.127. The van der Waals surface area contributed by atoms with Gasteiger partial charge in [0.15, 0.2) is 0 Å². The number of halogens is 1. The van der Waals surface area contributed by atoms with E-state index in [1.165, 1.54) is 6.20 Å². The molecule has 3 N–H and O–H groups in total. The van der Waals surface area contributed by atoms with Crippen molar-refractivity contribution in [2.24, 2.45) is 5.73 Å². The average molecular weight is 201 g/mol. The van der Waals surface area contributed by atoms with Crippen molar-refractivity contribution in [2.45, 2.75) is 13.0 Å². The van der Waals surface area contributed by atoms with Gasteiger partial charge in [0.1, 0.15) is 11.9 Å². The summed E-state index contributed by atoms with van der Waals surface area (Å²) < 4.78 is 0. The first-order valence-electron chi connectivity index (χ1n) is 3.64. The minimum atomic E-state index is -0.481. The first kappa shape index (κ1) is 9.73. The molecule has 0 aliphatic heterocycles. The zero-order valence-corrected chi connectivity index (χ0v) is 7.75. The number of nitrogens with one attached hydrogen (secondary N) is 1. The molecule has 0 radical (unpaired) electrons. The van der Waals surface area contributed by atoms with Crippen LogP contribution < -0.4 is 11.1 Å². The molecule has 0 spiro atoms. The van der Waals surface area contributed by atoms with Crippen LogP contribution >= 0.6 is 11.6 Å². The van der Waals surface area contributed by atoms with Crippen LogP contribution in [0.15, 0.2) is 12.3 Å². The molecular weight excluding hydrogens is 192 g/mol. The summed E-state index contributed by atoms with van der Waals surface area (Å²) in [5.41, 5.74) is 5.04. The molecule has 1 rings (SSSR count). The number of aromatic nitrogens is 2. The molecular formula is C7H9ClN4O. The van der Waals surface area contributed by atoms with E-state index in [9.17, 15) is 4.79 Å². The Labute approximate surface area is 80.3 Å². The topological polar surface area (TPSA) is 80.9 Å². The summed E-state index contributed by atoms with van der Waals surface area (Å²) in [6.45, 7) is 1.64. The van der Waals surface area contributed by atoms with Crippen molar-refractivity contribution in [3.8, 4) is 0 Å². The molecule has 0 bridgehead atoms. The fourth-order valence-electron chi connectivity index (χ4n) is 0.708. The van der Waals surface area contributed by atoms with Crippen LogP contribution in [-0.4, -0.2) is 21.9 Å². The lowest BCUT2D eigenvalue weighted by atomic mass is 10.3. The molecule has 1 amide bonds. The van der Waals surface area contributed by atoms with Crippen LogP contribution in [0.4, 0.5) is 5.82 Å². The van der Waals surface area contributed by atoms with E-state index in [0.717, 1.165) is 0 Å². The van der Waals surface area contributed by atoms with Gasteiger partial charge in [-0.2, -0.15) is 0 Å². The summed E-state index contributed by atoms with van der Waals surface area (Å²) >= 11 is 5.53. The van der Waals surface area contributed by atoms with Crippen molar-refractivity contribution in [3.05, 3.63) is 17.5 Å². The third kappa shape index (κ3) is 2.87. The predicted molar refractivity (Wildman–Crippen MR) is 49.3 cm³/mol. The Balaban J connectivity index is 2.69. The van der Waals surface area contributed by atoms with Gasteiger partial charge in [0.2, 0.25) is 11.2 Å². The number of primary amides is 1. The first-order chi connectivity index (χ1) is 6.09. The normalized spacial score (nSPS) is 12.2. The Morgan fingerprint density at radius 1 is 1.77 bits per heavy atom. The summed E-state index contributed by atoms with van der Waals surface area (Å²) in [4.78, 5) is 18.2. The molecule has 13 heavy (non-hydrogen) atoms. The summed E-state index contributed by atoms with van der Waals surface area (Å²) in [5.74, 6) is 0.0287. The Bertz CT molecular complexity index is 317.